The molecule has 1 N–H and O–H groups in total. The Morgan fingerprint density at radius 1 is 1.03 bits per heavy atom. The van der Waals surface area contributed by atoms with Crippen LogP contribution in [0.1, 0.15) is 41.3 Å². The zero-order chi connectivity index (χ0) is 22.4. The van der Waals surface area contributed by atoms with E-state index in [4.69, 9.17) is 9.47 Å². The molecule has 0 unspecified atom stereocenters. The first-order valence-electron chi connectivity index (χ1n) is 10.3. The fraction of sp³-hybridized carbons (Fsp3) is 0.375. The highest BCUT2D eigenvalue weighted by molar-refractivity contribution is 5.93. The van der Waals surface area contributed by atoms with Gasteiger partial charge in [-0.3, -0.25) is 9.59 Å². The summed E-state index contributed by atoms with van der Waals surface area (Å²) >= 11 is 0. The lowest BCUT2D eigenvalue weighted by Gasteiger charge is -2.40. The summed E-state index contributed by atoms with van der Waals surface area (Å²) in [4.78, 5) is 39.0. The molecule has 1 heterocycles. The summed E-state index contributed by atoms with van der Waals surface area (Å²) in [7, 11) is 2.80. The molecule has 7 nitrogen and oxygen atoms in total. The predicted octanol–water partition coefficient (Wildman–Crippen LogP) is 2.68. The van der Waals surface area contributed by atoms with Crippen molar-refractivity contribution in [2.24, 2.45) is 0 Å². The van der Waals surface area contributed by atoms with E-state index in [1.807, 2.05) is 30.3 Å². The predicted molar refractivity (Wildman–Crippen MR) is 116 cm³/mol. The molecule has 3 rings (SSSR count). The molecule has 0 aromatic heterocycles. The molecule has 0 aliphatic carbocycles. The SMILES string of the molecule is COC(=O)c1cc(CNC(=O)C2(c3ccccc3)CCN(C(C)=O)CC2)ccc1OC. The summed E-state index contributed by atoms with van der Waals surface area (Å²) in [6.07, 6.45) is 1.11. The number of nitrogens with zero attached hydrogens (tertiary/aromatic N) is 1. The number of hydrogen-bond acceptors (Lipinski definition) is 5. The lowest BCUT2D eigenvalue weighted by molar-refractivity contribution is -0.135. The van der Waals surface area contributed by atoms with Crippen LogP contribution in [-0.4, -0.2) is 50.0 Å². The van der Waals surface area contributed by atoms with E-state index in [-0.39, 0.29) is 18.4 Å². The number of amides is 2. The minimum Gasteiger partial charge on any atom is -0.496 e. The van der Waals surface area contributed by atoms with E-state index in [0.29, 0.717) is 37.2 Å². The van der Waals surface area contributed by atoms with Crippen LogP contribution in [0.4, 0.5) is 0 Å². The van der Waals surface area contributed by atoms with Gasteiger partial charge in [0, 0.05) is 26.6 Å². The van der Waals surface area contributed by atoms with E-state index in [1.54, 1.807) is 30.0 Å². The lowest BCUT2D eigenvalue weighted by Crippen LogP contribution is -2.52. The number of benzene rings is 2. The van der Waals surface area contributed by atoms with Gasteiger partial charge in [-0.2, -0.15) is 0 Å². The number of piperidine rings is 1. The summed E-state index contributed by atoms with van der Waals surface area (Å²) in [6.45, 7) is 2.88. The summed E-state index contributed by atoms with van der Waals surface area (Å²) in [5, 5.41) is 3.04. The lowest BCUT2D eigenvalue weighted by atomic mass is 9.72. The first kappa shape index (κ1) is 22.3. The number of carbonyl (C=O) groups is 3. The van der Waals surface area contributed by atoms with Crippen molar-refractivity contribution in [2.45, 2.75) is 31.7 Å². The highest BCUT2D eigenvalue weighted by atomic mass is 16.5. The van der Waals surface area contributed by atoms with Crippen LogP contribution in [0.2, 0.25) is 0 Å². The van der Waals surface area contributed by atoms with E-state index >= 15 is 0 Å². The molecule has 0 bridgehead atoms. The molecule has 2 aromatic rings. The normalized spacial score (nSPS) is 15.1. The van der Waals surface area contributed by atoms with Crippen LogP contribution in [0.15, 0.2) is 48.5 Å². The maximum Gasteiger partial charge on any atom is 0.341 e. The Morgan fingerprint density at radius 2 is 1.71 bits per heavy atom. The van der Waals surface area contributed by atoms with Gasteiger partial charge in [-0.25, -0.2) is 4.79 Å². The Hall–Kier alpha value is -3.35. The quantitative estimate of drug-likeness (QED) is 0.721. The van der Waals surface area contributed by atoms with Crippen molar-refractivity contribution in [3.8, 4) is 5.75 Å². The minimum absolute atomic E-state index is 0.0237. The van der Waals surface area contributed by atoms with Crippen LogP contribution in [0.3, 0.4) is 0 Å². The van der Waals surface area contributed by atoms with Crippen molar-refractivity contribution in [1.29, 1.82) is 0 Å². The Balaban J connectivity index is 1.81. The van der Waals surface area contributed by atoms with Gasteiger partial charge in [0.15, 0.2) is 0 Å². The number of rotatable bonds is 6. The number of carbonyl (C=O) groups excluding carboxylic acids is 3. The molecule has 0 atom stereocenters. The zero-order valence-electron chi connectivity index (χ0n) is 18.1. The van der Waals surface area contributed by atoms with E-state index in [2.05, 4.69) is 5.32 Å². The van der Waals surface area contributed by atoms with Crippen LogP contribution < -0.4 is 10.1 Å². The highest BCUT2D eigenvalue weighted by Gasteiger charge is 2.43. The number of esters is 1. The molecule has 1 aliphatic rings. The van der Waals surface area contributed by atoms with E-state index < -0.39 is 11.4 Å². The van der Waals surface area contributed by atoms with E-state index in [9.17, 15) is 14.4 Å². The molecule has 31 heavy (non-hydrogen) atoms. The molecule has 0 spiro atoms. The number of ether oxygens (including phenoxy) is 2. The summed E-state index contributed by atoms with van der Waals surface area (Å²) in [5.74, 6) is -0.144. The molecular weight excluding hydrogens is 396 g/mol. The van der Waals surface area contributed by atoms with Crippen molar-refractivity contribution in [1.82, 2.24) is 10.2 Å². The second-order valence-electron chi connectivity index (χ2n) is 7.66. The first-order valence-corrected chi connectivity index (χ1v) is 10.3. The molecule has 1 fully saturated rings. The highest BCUT2D eigenvalue weighted by Crippen LogP contribution is 2.36. The fourth-order valence-corrected chi connectivity index (χ4v) is 4.09. The van der Waals surface area contributed by atoms with Gasteiger partial charge in [-0.15, -0.1) is 0 Å². The molecule has 164 valence electrons. The van der Waals surface area contributed by atoms with Crippen molar-refractivity contribution >= 4 is 17.8 Å². The minimum atomic E-state index is -0.704. The Morgan fingerprint density at radius 3 is 2.29 bits per heavy atom. The number of methoxy groups -OCH3 is 2. The molecule has 7 heteroatoms. The standard InChI is InChI=1S/C24H28N2O5/c1-17(27)26-13-11-24(12-14-26,19-7-5-4-6-8-19)23(29)25-16-18-9-10-21(30-2)20(15-18)22(28)31-3/h4-10,15H,11-14,16H2,1-3H3,(H,25,29). The van der Waals surface area contributed by atoms with Crippen molar-refractivity contribution in [3.05, 3.63) is 65.2 Å². The molecule has 1 aliphatic heterocycles. The van der Waals surface area contributed by atoms with Crippen molar-refractivity contribution in [3.63, 3.8) is 0 Å². The largest absolute Gasteiger partial charge is 0.496 e. The summed E-state index contributed by atoms with van der Waals surface area (Å²) < 4.78 is 10.0. The average Bonchev–Trinajstić information content (AvgIpc) is 2.82. The molecule has 2 aromatic carbocycles. The monoisotopic (exact) mass is 424 g/mol. The molecule has 0 radical (unpaired) electrons. The van der Waals surface area contributed by atoms with E-state index in [0.717, 1.165) is 11.1 Å². The van der Waals surface area contributed by atoms with Crippen LogP contribution >= 0.6 is 0 Å². The van der Waals surface area contributed by atoms with Crippen LogP contribution in [0, 0.1) is 0 Å². The van der Waals surface area contributed by atoms with E-state index in [1.165, 1.54) is 14.2 Å². The van der Waals surface area contributed by atoms with Gasteiger partial charge in [0.05, 0.1) is 19.6 Å². The summed E-state index contributed by atoms with van der Waals surface area (Å²) in [5.41, 5.74) is 1.31. The summed E-state index contributed by atoms with van der Waals surface area (Å²) in [6, 6.07) is 14.9. The van der Waals surface area contributed by atoms with Gasteiger partial charge >= 0.3 is 5.97 Å². The molecular formula is C24H28N2O5. The van der Waals surface area contributed by atoms with Gasteiger partial charge < -0.3 is 19.7 Å². The number of likely N-dealkylation sites (tertiary alicyclic amines) is 1. The Labute approximate surface area is 182 Å². The smallest absolute Gasteiger partial charge is 0.341 e. The number of nitrogens with one attached hydrogen (secondary N) is 1. The molecule has 1 saturated heterocycles. The maximum atomic E-state index is 13.4. The topological polar surface area (TPSA) is 84.9 Å². The van der Waals surface area contributed by atoms with Gasteiger partial charge in [0.2, 0.25) is 11.8 Å². The molecule has 2 amide bonds. The third kappa shape index (κ3) is 4.71. The second-order valence-corrected chi connectivity index (χ2v) is 7.66. The van der Waals surface area contributed by atoms with Crippen molar-refractivity contribution in [2.75, 3.05) is 27.3 Å². The van der Waals surface area contributed by atoms with Gasteiger partial charge in [-0.05, 0) is 36.1 Å². The van der Waals surface area contributed by atoms with Crippen LogP contribution in [-0.2, 0) is 26.3 Å². The van der Waals surface area contributed by atoms with Crippen LogP contribution in [0.25, 0.3) is 0 Å². The third-order valence-electron chi connectivity index (χ3n) is 5.95. The first-order chi connectivity index (χ1) is 14.9. The van der Waals surface area contributed by atoms with Crippen LogP contribution in [0.5, 0.6) is 5.75 Å². The fourth-order valence-electron chi connectivity index (χ4n) is 4.09. The Bertz CT molecular complexity index is 950. The number of hydrogen-bond donors (Lipinski definition) is 1. The van der Waals surface area contributed by atoms with Gasteiger partial charge in [0.25, 0.3) is 0 Å². The second kappa shape index (κ2) is 9.64. The molecule has 0 saturated carbocycles. The maximum absolute atomic E-state index is 13.4. The zero-order valence-corrected chi connectivity index (χ0v) is 18.1. The third-order valence-corrected chi connectivity index (χ3v) is 5.95. The average molecular weight is 424 g/mol. The van der Waals surface area contributed by atoms with Gasteiger partial charge in [-0.1, -0.05) is 36.4 Å². The van der Waals surface area contributed by atoms with Crippen molar-refractivity contribution < 1.29 is 23.9 Å². The van der Waals surface area contributed by atoms with Gasteiger partial charge in [0.1, 0.15) is 11.3 Å². The Kier molecular flexibility index (Phi) is 6.95.